The summed E-state index contributed by atoms with van der Waals surface area (Å²) in [5.41, 5.74) is 1.43. The number of carbonyl (C=O) groups is 1. The molecule has 5 rings (SSSR count). The maximum absolute atomic E-state index is 14.3. The highest BCUT2D eigenvalue weighted by molar-refractivity contribution is 5.81. The maximum Gasteiger partial charge on any atom is 0.279 e. The third kappa shape index (κ3) is 4.94. The van der Waals surface area contributed by atoms with Crippen LogP contribution in [-0.4, -0.2) is 52.8 Å². The van der Waals surface area contributed by atoms with Crippen LogP contribution in [0.25, 0.3) is 22.6 Å². The van der Waals surface area contributed by atoms with Crippen molar-refractivity contribution >= 4 is 17.1 Å². The Bertz CT molecular complexity index is 1340. The number of carbonyl (C=O) groups excluding carboxylic acids is 1. The number of nitrogens with one attached hydrogen (secondary N) is 1. The molecule has 188 valence electrons. The van der Waals surface area contributed by atoms with Crippen molar-refractivity contribution in [3.05, 3.63) is 52.8 Å². The van der Waals surface area contributed by atoms with Gasteiger partial charge < -0.3 is 9.88 Å². The summed E-state index contributed by atoms with van der Waals surface area (Å²) in [5.74, 6) is -0.277. The van der Waals surface area contributed by atoms with E-state index in [0.717, 1.165) is 6.42 Å². The van der Waals surface area contributed by atoms with Gasteiger partial charge in [-0.3, -0.25) is 18.8 Å². The van der Waals surface area contributed by atoms with Crippen LogP contribution in [0, 0.1) is 5.92 Å². The van der Waals surface area contributed by atoms with Gasteiger partial charge >= 0.3 is 0 Å². The van der Waals surface area contributed by atoms with Crippen LogP contribution in [0.2, 0.25) is 0 Å². The summed E-state index contributed by atoms with van der Waals surface area (Å²) in [6, 6.07) is 0. The molecular weight excluding hydrogens is 456 g/mol. The van der Waals surface area contributed by atoms with E-state index in [1.165, 1.54) is 23.4 Å². The lowest BCUT2D eigenvalue weighted by atomic mass is 10.1. The number of halogens is 2. The molecule has 1 aliphatic heterocycles. The van der Waals surface area contributed by atoms with Crippen molar-refractivity contribution in [1.29, 1.82) is 0 Å². The summed E-state index contributed by atoms with van der Waals surface area (Å²) >= 11 is 0. The Kier molecular flexibility index (Phi) is 7.23. The van der Waals surface area contributed by atoms with Crippen molar-refractivity contribution in [2.24, 2.45) is 5.92 Å². The summed E-state index contributed by atoms with van der Waals surface area (Å²) < 4.78 is 30.8. The van der Waals surface area contributed by atoms with Crippen LogP contribution in [0.1, 0.15) is 41.5 Å². The van der Waals surface area contributed by atoms with Crippen LogP contribution >= 0.6 is 0 Å². The van der Waals surface area contributed by atoms with Crippen molar-refractivity contribution in [2.75, 3.05) is 6.54 Å². The number of nitrogens with zero attached hydrogens (tertiary/aromatic N) is 6. The van der Waals surface area contributed by atoms with Gasteiger partial charge in [-0.25, -0.2) is 18.7 Å². The molecule has 1 aliphatic carbocycles. The van der Waals surface area contributed by atoms with Gasteiger partial charge in [-0.15, -0.1) is 0 Å². The highest BCUT2D eigenvalue weighted by Gasteiger charge is 2.36. The van der Waals surface area contributed by atoms with Gasteiger partial charge in [0.2, 0.25) is 5.91 Å². The molecule has 0 radical (unpaired) electrons. The lowest BCUT2D eigenvalue weighted by molar-refractivity contribution is -0.126. The molecule has 1 N–H and O–H groups in total. The average Bonchev–Trinajstić information content (AvgIpc) is 3.56. The molecule has 3 aromatic rings. The number of allylic oxidation sites excluding steroid dienone is 4. The first kappa shape index (κ1) is 24.5. The fourth-order valence-corrected chi connectivity index (χ4v) is 4.35. The lowest BCUT2D eigenvalue weighted by Crippen LogP contribution is -2.31. The number of fused-ring (bicyclic) bond motifs is 1. The van der Waals surface area contributed by atoms with Gasteiger partial charge in [-0.05, 0) is 18.6 Å². The van der Waals surface area contributed by atoms with E-state index < -0.39 is 12.0 Å². The number of likely N-dealkylation sites (tertiary alicyclic amines) is 1. The van der Waals surface area contributed by atoms with E-state index in [9.17, 15) is 18.4 Å². The number of imidazole rings is 1. The van der Waals surface area contributed by atoms with Crippen molar-refractivity contribution in [3.63, 3.8) is 0 Å². The second-order valence-corrected chi connectivity index (χ2v) is 8.43. The monoisotopic (exact) mass is 487 g/mol. The second-order valence-electron chi connectivity index (χ2n) is 8.43. The van der Waals surface area contributed by atoms with Crippen molar-refractivity contribution < 1.29 is 15.0 Å². The molecule has 0 bridgehead atoms. The van der Waals surface area contributed by atoms with E-state index in [1.807, 2.05) is 20.8 Å². The van der Waals surface area contributed by atoms with Crippen molar-refractivity contribution in [2.45, 2.75) is 59.3 Å². The van der Waals surface area contributed by atoms with E-state index in [4.69, 9.17) is 0 Å². The zero-order chi connectivity index (χ0) is 25.1. The highest BCUT2D eigenvalue weighted by Crippen LogP contribution is 2.31. The number of hydrogen-bond donors (Lipinski definition) is 1. The number of hydrogen-bond acceptors (Lipinski definition) is 5. The van der Waals surface area contributed by atoms with E-state index in [1.54, 1.807) is 21.6 Å². The lowest BCUT2D eigenvalue weighted by Gasteiger charge is -2.25. The molecule has 0 aromatic carbocycles. The third-order valence-electron chi connectivity index (χ3n) is 5.94. The molecule has 3 aromatic heterocycles. The highest BCUT2D eigenvalue weighted by atomic mass is 19.1. The number of rotatable bonds is 6. The van der Waals surface area contributed by atoms with Crippen LogP contribution in [0.5, 0.6) is 0 Å². The number of aromatic nitrogens is 6. The first-order chi connectivity index (χ1) is 16.9. The number of alkyl halides is 1. The molecule has 2 atom stereocenters. The van der Waals surface area contributed by atoms with Crippen molar-refractivity contribution in [3.8, 4) is 11.4 Å². The van der Waals surface area contributed by atoms with Crippen LogP contribution < -0.4 is 5.56 Å². The average molecular weight is 488 g/mol. The number of amides is 1. The Balaban J connectivity index is 0.00000117. The minimum atomic E-state index is -1.52. The van der Waals surface area contributed by atoms with Gasteiger partial charge in [-0.1, -0.05) is 20.8 Å². The Hall–Kier alpha value is -3.63. The predicted octanol–water partition coefficient (Wildman–Crippen LogP) is 3.99. The van der Waals surface area contributed by atoms with Crippen molar-refractivity contribution in [1.82, 2.24) is 34.2 Å². The molecule has 1 fully saturated rings. The summed E-state index contributed by atoms with van der Waals surface area (Å²) in [4.78, 5) is 38.1. The number of H-pyrrole nitrogens is 1. The van der Waals surface area contributed by atoms with Crippen LogP contribution in [0.4, 0.5) is 8.78 Å². The summed E-state index contributed by atoms with van der Waals surface area (Å²) in [5, 5.41) is 4.36. The standard InChI is InChI=1S/C22H23F2N7O2.C2H6.H2/c1-2-5-29-12-25-21-19(22(29)33)27-20(28-21)14-8-26-30(11-14)9-13-6-18(32)31(10-13)17-4-3-15(23)7-16(17)24;1-2;/h3-4,8,11-13,16H,2,5-7,9-10H2,1H3,(H,27,28);1-2H3;1H. The Morgan fingerprint density at radius 1 is 1.23 bits per heavy atom. The fourth-order valence-electron chi connectivity index (χ4n) is 4.35. The van der Waals surface area contributed by atoms with E-state index >= 15 is 0 Å². The minimum Gasteiger partial charge on any atom is -0.332 e. The summed E-state index contributed by atoms with van der Waals surface area (Å²) in [6.45, 7) is 7.37. The summed E-state index contributed by atoms with van der Waals surface area (Å²) in [7, 11) is 0. The molecule has 1 saturated heterocycles. The van der Waals surface area contributed by atoms with Gasteiger partial charge in [0, 0.05) is 46.0 Å². The normalized spacial score (nSPS) is 20.0. The Morgan fingerprint density at radius 3 is 2.77 bits per heavy atom. The van der Waals surface area contributed by atoms with Crippen LogP contribution in [0.15, 0.2) is 47.2 Å². The molecular formula is C24H31F2N7O2. The fraction of sp³-hybridized carbons (Fsp3) is 0.458. The second kappa shape index (κ2) is 10.3. The quantitative estimate of drug-likeness (QED) is 0.567. The summed E-state index contributed by atoms with van der Waals surface area (Å²) in [6.07, 6.45) is 6.70. The van der Waals surface area contributed by atoms with Gasteiger partial charge in [0.1, 0.15) is 24.2 Å². The zero-order valence-electron chi connectivity index (χ0n) is 20.0. The molecule has 2 aliphatic rings. The molecule has 11 heteroatoms. The molecule has 1 amide bonds. The molecule has 2 unspecified atom stereocenters. The van der Waals surface area contributed by atoms with Crippen LogP contribution in [-0.2, 0) is 17.9 Å². The molecule has 35 heavy (non-hydrogen) atoms. The molecule has 4 heterocycles. The molecule has 9 nitrogen and oxygen atoms in total. The first-order valence-corrected chi connectivity index (χ1v) is 11.9. The SMILES string of the molecule is CC.CCCn1cnc2nc(-c3cnn(CC4CC(=O)N(C5=CC=C(F)CC5F)C4)c3)[nH]c2c1=O.[HH]. The third-order valence-corrected chi connectivity index (χ3v) is 5.94. The maximum atomic E-state index is 14.3. The van der Waals surface area contributed by atoms with E-state index in [-0.39, 0.29) is 37.3 Å². The Morgan fingerprint density at radius 2 is 2.03 bits per heavy atom. The zero-order valence-corrected chi connectivity index (χ0v) is 20.0. The smallest absolute Gasteiger partial charge is 0.279 e. The van der Waals surface area contributed by atoms with E-state index in [2.05, 4.69) is 20.1 Å². The van der Waals surface area contributed by atoms with Gasteiger partial charge in [0.15, 0.2) is 11.2 Å². The van der Waals surface area contributed by atoms with E-state index in [0.29, 0.717) is 42.2 Å². The van der Waals surface area contributed by atoms with Gasteiger partial charge in [-0.2, -0.15) is 5.10 Å². The van der Waals surface area contributed by atoms with Gasteiger partial charge in [0.25, 0.3) is 5.56 Å². The molecule has 0 saturated carbocycles. The topological polar surface area (TPSA) is 102 Å². The predicted molar refractivity (Wildman–Crippen MR) is 130 cm³/mol. The molecule has 0 spiro atoms. The van der Waals surface area contributed by atoms with Crippen LogP contribution in [0.3, 0.4) is 0 Å². The Labute approximate surface area is 202 Å². The van der Waals surface area contributed by atoms with Gasteiger partial charge in [0.05, 0.1) is 17.5 Å². The number of aryl methyl sites for hydroxylation is 1. The minimum absolute atomic E-state index is 0. The largest absolute Gasteiger partial charge is 0.332 e. The first-order valence-electron chi connectivity index (χ1n) is 11.9. The number of aromatic amines is 1.